The minimum Gasteiger partial charge on any atom is -0.378 e. The Kier molecular flexibility index (Phi) is 4.76. The Balaban J connectivity index is 1.81. The first-order valence-electron chi connectivity index (χ1n) is 7.81. The van der Waals surface area contributed by atoms with E-state index in [1.54, 1.807) is 19.2 Å². The van der Waals surface area contributed by atoms with Crippen molar-refractivity contribution in [3.63, 3.8) is 0 Å². The van der Waals surface area contributed by atoms with Gasteiger partial charge in [-0.25, -0.2) is 4.98 Å². The van der Waals surface area contributed by atoms with Crippen LogP contribution in [0.2, 0.25) is 5.02 Å². The first-order chi connectivity index (χ1) is 11.4. The molecule has 2 atom stereocenters. The summed E-state index contributed by atoms with van der Waals surface area (Å²) in [5.41, 5.74) is 0.0932. The summed E-state index contributed by atoms with van der Waals surface area (Å²) in [6, 6.07) is 3.30. The van der Waals surface area contributed by atoms with Crippen molar-refractivity contribution in [3.05, 3.63) is 35.0 Å². The molecule has 0 unspecified atom stereocenters. The number of likely N-dealkylation sites (tertiary alicyclic amines) is 1. The number of amides is 1. The van der Waals surface area contributed by atoms with Crippen molar-refractivity contribution in [2.24, 2.45) is 0 Å². The van der Waals surface area contributed by atoms with Crippen LogP contribution in [-0.2, 0) is 4.74 Å². The van der Waals surface area contributed by atoms with E-state index in [-0.39, 0.29) is 17.8 Å². The molecule has 130 valence electrons. The number of methoxy groups -OCH3 is 1. The normalized spacial score (nSPS) is 21.8. The fraction of sp³-hybridized carbons (Fsp3) is 0.500. The summed E-state index contributed by atoms with van der Waals surface area (Å²) in [4.78, 5) is 18.8. The number of hydrogen-bond acceptors (Lipinski definition) is 4. The number of imidazole rings is 1. The molecule has 2 aromatic heterocycles. The maximum Gasteiger partial charge on any atom is 0.275 e. The molecule has 1 fully saturated rings. The molecule has 8 heteroatoms. The van der Waals surface area contributed by atoms with Gasteiger partial charge in [0.25, 0.3) is 5.91 Å². The van der Waals surface area contributed by atoms with Crippen molar-refractivity contribution < 1.29 is 13.9 Å². The van der Waals surface area contributed by atoms with Gasteiger partial charge in [0.15, 0.2) is 5.69 Å². The van der Waals surface area contributed by atoms with Crippen LogP contribution in [0.25, 0.3) is 5.65 Å². The topological polar surface area (TPSA) is 58.9 Å². The Labute approximate surface area is 144 Å². The molecule has 24 heavy (non-hydrogen) atoms. The van der Waals surface area contributed by atoms with Gasteiger partial charge in [-0.05, 0) is 26.0 Å². The number of aromatic nitrogens is 2. The van der Waals surface area contributed by atoms with Crippen molar-refractivity contribution >= 4 is 23.2 Å². The molecular formula is C16H20ClFN4O2. The van der Waals surface area contributed by atoms with Crippen LogP contribution in [-0.4, -0.2) is 58.6 Å². The molecule has 1 saturated heterocycles. The summed E-state index contributed by atoms with van der Waals surface area (Å²) >= 11 is 5.86. The third-order valence-corrected chi connectivity index (χ3v) is 4.61. The lowest BCUT2D eigenvalue weighted by Gasteiger charge is -2.19. The largest absolute Gasteiger partial charge is 0.378 e. The number of rotatable bonds is 4. The molecule has 1 aliphatic heterocycles. The first kappa shape index (κ1) is 17.1. The van der Waals surface area contributed by atoms with E-state index in [1.807, 2.05) is 0 Å². The molecule has 3 heterocycles. The van der Waals surface area contributed by atoms with Crippen LogP contribution in [0.5, 0.6) is 0 Å². The maximum absolute atomic E-state index is 14.5. The molecule has 3 rings (SSSR count). The van der Waals surface area contributed by atoms with Gasteiger partial charge in [-0.15, -0.1) is 0 Å². The summed E-state index contributed by atoms with van der Waals surface area (Å²) in [7, 11) is 1.61. The van der Waals surface area contributed by atoms with Gasteiger partial charge in [0.2, 0.25) is 5.95 Å². The second kappa shape index (κ2) is 6.66. The van der Waals surface area contributed by atoms with Gasteiger partial charge in [-0.3, -0.25) is 14.1 Å². The van der Waals surface area contributed by atoms with Gasteiger partial charge in [-0.2, -0.15) is 4.39 Å². The van der Waals surface area contributed by atoms with E-state index < -0.39 is 11.9 Å². The van der Waals surface area contributed by atoms with E-state index >= 15 is 0 Å². The predicted octanol–water partition coefficient (Wildman–Crippen LogP) is 1.96. The van der Waals surface area contributed by atoms with Gasteiger partial charge in [-0.1, -0.05) is 11.6 Å². The highest BCUT2D eigenvalue weighted by atomic mass is 35.5. The molecule has 6 nitrogen and oxygen atoms in total. The van der Waals surface area contributed by atoms with E-state index in [1.165, 1.54) is 10.6 Å². The van der Waals surface area contributed by atoms with Crippen LogP contribution in [0.1, 0.15) is 24.3 Å². The number of pyridine rings is 1. The summed E-state index contributed by atoms with van der Waals surface area (Å²) < 4.78 is 21.1. The number of nitrogens with zero attached hydrogens (tertiary/aromatic N) is 3. The molecule has 2 aromatic rings. The van der Waals surface area contributed by atoms with E-state index in [4.69, 9.17) is 16.3 Å². The number of ether oxygens (including phenoxy) is 1. The Morgan fingerprint density at radius 1 is 1.46 bits per heavy atom. The highest BCUT2D eigenvalue weighted by Crippen LogP contribution is 2.18. The third kappa shape index (κ3) is 3.11. The monoisotopic (exact) mass is 354 g/mol. The zero-order valence-electron chi connectivity index (χ0n) is 13.8. The molecule has 0 aromatic carbocycles. The number of halogens is 2. The Bertz CT molecular complexity index is 764. The molecular weight excluding hydrogens is 335 g/mol. The van der Waals surface area contributed by atoms with Crippen LogP contribution in [0, 0.1) is 5.95 Å². The lowest BCUT2D eigenvalue weighted by atomic mass is 10.2. The average molecular weight is 355 g/mol. The van der Waals surface area contributed by atoms with Crippen LogP contribution in [0.4, 0.5) is 4.39 Å². The lowest BCUT2D eigenvalue weighted by Crippen LogP contribution is -2.44. The molecule has 0 bridgehead atoms. The zero-order chi connectivity index (χ0) is 17.4. The predicted molar refractivity (Wildman–Crippen MR) is 88.9 cm³/mol. The van der Waals surface area contributed by atoms with E-state index in [2.05, 4.69) is 29.0 Å². The zero-order valence-corrected chi connectivity index (χ0v) is 14.5. The Morgan fingerprint density at radius 3 is 2.88 bits per heavy atom. The van der Waals surface area contributed by atoms with E-state index in [0.717, 1.165) is 6.54 Å². The van der Waals surface area contributed by atoms with Crippen LogP contribution in [0.3, 0.4) is 0 Å². The summed E-state index contributed by atoms with van der Waals surface area (Å²) in [6.07, 6.45) is 1.26. The molecule has 1 N–H and O–H groups in total. The third-order valence-electron chi connectivity index (χ3n) is 4.38. The maximum atomic E-state index is 14.5. The van der Waals surface area contributed by atoms with E-state index in [0.29, 0.717) is 23.3 Å². The van der Waals surface area contributed by atoms with Gasteiger partial charge in [0, 0.05) is 32.4 Å². The van der Waals surface area contributed by atoms with Crippen molar-refractivity contribution in [2.75, 3.05) is 20.2 Å². The Hall–Kier alpha value is -1.70. The summed E-state index contributed by atoms with van der Waals surface area (Å²) in [5.74, 6) is -1.28. The Morgan fingerprint density at radius 2 is 2.21 bits per heavy atom. The fourth-order valence-corrected chi connectivity index (χ4v) is 3.13. The molecule has 0 spiro atoms. The van der Waals surface area contributed by atoms with Gasteiger partial charge in [0.1, 0.15) is 5.65 Å². The number of carbonyl (C=O) groups excluding carboxylic acids is 1. The highest BCUT2D eigenvalue weighted by molar-refractivity contribution is 6.30. The van der Waals surface area contributed by atoms with Crippen molar-refractivity contribution in [2.45, 2.75) is 32.0 Å². The highest BCUT2D eigenvalue weighted by Gasteiger charge is 2.36. The average Bonchev–Trinajstić information content (AvgIpc) is 3.09. The van der Waals surface area contributed by atoms with Crippen LogP contribution >= 0.6 is 11.6 Å². The van der Waals surface area contributed by atoms with Gasteiger partial charge >= 0.3 is 0 Å². The fourth-order valence-electron chi connectivity index (χ4n) is 2.97. The molecule has 0 radical (unpaired) electrons. The second-order valence-electron chi connectivity index (χ2n) is 6.23. The lowest BCUT2D eigenvalue weighted by molar-refractivity contribution is 0.0748. The second-order valence-corrected chi connectivity index (χ2v) is 6.66. The molecule has 1 aliphatic rings. The summed E-state index contributed by atoms with van der Waals surface area (Å²) in [5, 5.41) is 3.21. The standard InChI is InChI=1S/C16H20ClFN4O2/c1-9(2)21-7-11(12(8-21)24-3)19-16(23)14-15(18)22-6-10(17)4-5-13(22)20-14/h4-6,9,11-12H,7-8H2,1-3H3,(H,19,23)/t11-,12-/m0/s1. The smallest absolute Gasteiger partial charge is 0.275 e. The van der Waals surface area contributed by atoms with Crippen molar-refractivity contribution in [1.82, 2.24) is 19.6 Å². The molecule has 0 saturated carbocycles. The number of carbonyl (C=O) groups is 1. The minimum absolute atomic E-state index is 0.133. The number of nitrogens with one attached hydrogen (secondary N) is 1. The number of fused-ring (bicyclic) bond motifs is 1. The quantitative estimate of drug-likeness (QED) is 0.912. The van der Waals surface area contributed by atoms with Crippen LogP contribution in [0.15, 0.2) is 18.3 Å². The van der Waals surface area contributed by atoms with Gasteiger partial charge in [0.05, 0.1) is 17.2 Å². The van der Waals surface area contributed by atoms with Crippen molar-refractivity contribution in [1.29, 1.82) is 0 Å². The minimum atomic E-state index is -0.724. The van der Waals surface area contributed by atoms with Crippen LogP contribution < -0.4 is 5.32 Å². The first-order valence-corrected chi connectivity index (χ1v) is 8.19. The van der Waals surface area contributed by atoms with E-state index in [9.17, 15) is 9.18 Å². The van der Waals surface area contributed by atoms with Crippen molar-refractivity contribution in [3.8, 4) is 0 Å². The van der Waals surface area contributed by atoms with Gasteiger partial charge < -0.3 is 10.1 Å². The SMILES string of the molecule is CO[C@H]1CN(C(C)C)C[C@@H]1NC(=O)c1nc2ccc(Cl)cn2c1F. The molecule has 0 aliphatic carbocycles. The summed E-state index contributed by atoms with van der Waals surface area (Å²) in [6.45, 7) is 5.55. The molecule has 1 amide bonds. The number of hydrogen-bond donors (Lipinski definition) is 1.